The SMILES string of the molecule is CC(C)CC(C)N(C)c1c(F)cccc1CNC1CC1. The largest absolute Gasteiger partial charge is 0.369 e. The zero-order valence-corrected chi connectivity index (χ0v) is 13.1. The average molecular weight is 278 g/mol. The minimum Gasteiger partial charge on any atom is -0.369 e. The van der Waals surface area contributed by atoms with E-state index in [0.717, 1.165) is 24.2 Å². The number of nitrogens with one attached hydrogen (secondary N) is 1. The molecule has 0 radical (unpaired) electrons. The molecule has 1 aliphatic rings. The van der Waals surface area contributed by atoms with Gasteiger partial charge in [0.25, 0.3) is 0 Å². The summed E-state index contributed by atoms with van der Waals surface area (Å²) in [6.45, 7) is 7.35. The maximum Gasteiger partial charge on any atom is 0.146 e. The molecule has 1 atom stereocenters. The van der Waals surface area contributed by atoms with Gasteiger partial charge >= 0.3 is 0 Å². The molecule has 1 aromatic rings. The van der Waals surface area contributed by atoms with E-state index in [4.69, 9.17) is 0 Å². The predicted octanol–water partition coefficient (Wildman–Crippen LogP) is 3.95. The highest BCUT2D eigenvalue weighted by Gasteiger charge is 2.22. The van der Waals surface area contributed by atoms with Gasteiger partial charge in [0.1, 0.15) is 5.82 Å². The fourth-order valence-electron chi connectivity index (χ4n) is 2.70. The molecule has 1 N–H and O–H groups in total. The number of benzene rings is 1. The Balaban J connectivity index is 2.14. The van der Waals surface area contributed by atoms with Crippen LogP contribution in [-0.2, 0) is 6.54 Å². The summed E-state index contributed by atoms with van der Waals surface area (Å²) in [5.41, 5.74) is 1.82. The second-order valence-corrected chi connectivity index (χ2v) is 6.49. The molecular weight excluding hydrogens is 251 g/mol. The Morgan fingerprint density at radius 3 is 2.60 bits per heavy atom. The van der Waals surface area contributed by atoms with Crippen molar-refractivity contribution in [2.45, 2.75) is 58.7 Å². The van der Waals surface area contributed by atoms with Crippen molar-refractivity contribution in [2.75, 3.05) is 11.9 Å². The average Bonchev–Trinajstić information content (AvgIpc) is 3.18. The van der Waals surface area contributed by atoms with Crippen molar-refractivity contribution >= 4 is 5.69 Å². The summed E-state index contributed by atoms with van der Waals surface area (Å²) in [4.78, 5) is 2.10. The van der Waals surface area contributed by atoms with E-state index in [0.29, 0.717) is 18.0 Å². The lowest BCUT2D eigenvalue weighted by Gasteiger charge is -2.30. The molecule has 1 fully saturated rings. The van der Waals surface area contributed by atoms with Gasteiger partial charge < -0.3 is 10.2 Å². The lowest BCUT2D eigenvalue weighted by Crippen LogP contribution is -2.32. The fraction of sp³-hybridized carbons (Fsp3) is 0.647. The van der Waals surface area contributed by atoms with Crippen LogP contribution in [-0.4, -0.2) is 19.1 Å². The normalized spacial score (nSPS) is 16.5. The molecule has 0 spiro atoms. The minimum atomic E-state index is -0.113. The molecule has 3 heteroatoms. The van der Waals surface area contributed by atoms with E-state index in [1.54, 1.807) is 6.07 Å². The number of hydrogen-bond donors (Lipinski definition) is 1. The Hall–Kier alpha value is -1.09. The van der Waals surface area contributed by atoms with Crippen molar-refractivity contribution < 1.29 is 4.39 Å². The van der Waals surface area contributed by atoms with Gasteiger partial charge in [0, 0.05) is 25.7 Å². The maximum absolute atomic E-state index is 14.3. The van der Waals surface area contributed by atoms with Gasteiger partial charge in [-0.3, -0.25) is 0 Å². The van der Waals surface area contributed by atoms with E-state index in [2.05, 4.69) is 31.0 Å². The molecular formula is C17H27FN2. The smallest absolute Gasteiger partial charge is 0.146 e. The standard InChI is InChI=1S/C17H27FN2/c1-12(2)10-13(3)20(4)17-14(6-5-7-16(17)18)11-19-15-8-9-15/h5-7,12-13,15,19H,8-11H2,1-4H3. The molecule has 2 rings (SSSR count). The Morgan fingerprint density at radius 1 is 1.30 bits per heavy atom. The zero-order valence-electron chi connectivity index (χ0n) is 13.1. The van der Waals surface area contributed by atoms with Crippen molar-refractivity contribution in [1.29, 1.82) is 0 Å². The molecule has 112 valence electrons. The number of hydrogen-bond acceptors (Lipinski definition) is 2. The third-order valence-corrected chi connectivity index (χ3v) is 4.06. The molecule has 2 nitrogen and oxygen atoms in total. The zero-order chi connectivity index (χ0) is 14.7. The molecule has 20 heavy (non-hydrogen) atoms. The van der Waals surface area contributed by atoms with Crippen LogP contribution in [0, 0.1) is 11.7 Å². The molecule has 1 saturated carbocycles. The van der Waals surface area contributed by atoms with E-state index in [1.807, 2.05) is 19.2 Å². The Labute approximate surface area is 122 Å². The third kappa shape index (κ3) is 3.95. The first-order valence-corrected chi connectivity index (χ1v) is 7.72. The van der Waals surface area contributed by atoms with Crippen LogP contribution >= 0.6 is 0 Å². The van der Waals surface area contributed by atoms with Crippen molar-refractivity contribution in [3.8, 4) is 0 Å². The summed E-state index contributed by atoms with van der Waals surface area (Å²) in [6, 6.07) is 6.39. The molecule has 0 aromatic heterocycles. The number of nitrogens with zero attached hydrogens (tertiary/aromatic N) is 1. The molecule has 1 unspecified atom stereocenters. The van der Waals surface area contributed by atoms with Gasteiger partial charge in [0.2, 0.25) is 0 Å². The summed E-state index contributed by atoms with van der Waals surface area (Å²) < 4.78 is 14.3. The molecule has 0 aliphatic heterocycles. The Kier molecular flexibility index (Phi) is 5.03. The molecule has 0 heterocycles. The third-order valence-electron chi connectivity index (χ3n) is 4.06. The number of rotatable bonds is 7. The number of anilines is 1. The molecule has 0 saturated heterocycles. The van der Waals surface area contributed by atoms with Crippen LogP contribution in [0.15, 0.2) is 18.2 Å². The van der Waals surface area contributed by atoms with E-state index >= 15 is 0 Å². The van der Waals surface area contributed by atoms with Gasteiger partial charge in [0.05, 0.1) is 5.69 Å². The van der Waals surface area contributed by atoms with Gasteiger partial charge in [0.15, 0.2) is 0 Å². The first-order chi connectivity index (χ1) is 9.49. The predicted molar refractivity (Wildman–Crippen MR) is 83.6 cm³/mol. The molecule has 1 aromatic carbocycles. The van der Waals surface area contributed by atoms with Gasteiger partial charge in [-0.2, -0.15) is 0 Å². The minimum absolute atomic E-state index is 0.113. The van der Waals surface area contributed by atoms with Crippen LogP contribution in [0.5, 0.6) is 0 Å². The van der Waals surface area contributed by atoms with Crippen molar-refractivity contribution in [1.82, 2.24) is 5.32 Å². The van der Waals surface area contributed by atoms with Crippen molar-refractivity contribution in [2.24, 2.45) is 5.92 Å². The molecule has 1 aliphatic carbocycles. The van der Waals surface area contributed by atoms with Gasteiger partial charge in [-0.25, -0.2) is 4.39 Å². The van der Waals surface area contributed by atoms with Crippen LogP contribution in [0.2, 0.25) is 0 Å². The highest BCUT2D eigenvalue weighted by molar-refractivity contribution is 5.55. The monoisotopic (exact) mass is 278 g/mol. The topological polar surface area (TPSA) is 15.3 Å². The lowest BCUT2D eigenvalue weighted by molar-refractivity contribution is 0.496. The molecule has 0 bridgehead atoms. The lowest BCUT2D eigenvalue weighted by atomic mass is 10.0. The van der Waals surface area contributed by atoms with E-state index in [1.165, 1.54) is 12.8 Å². The summed E-state index contributed by atoms with van der Waals surface area (Å²) in [5.74, 6) is 0.505. The fourth-order valence-corrected chi connectivity index (χ4v) is 2.70. The van der Waals surface area contributed by atoms with E-state index < -0.39 is 0 Å². The van der Waals surface area contributed by atoms with Crippen molar-refractivity contribution in [3.05, 3.63) is 29.6 Å². The second-order valence-electron chi connectivity index (χ2n) is 6.49. The van der Waals surface area contributed by atoms with Crippen LogP contribution < -0.4 is 10.2 Å². The highest BCUT2D eigenvalue weighted by Crippen LogP contribution is 2.28. The van der Waals surface area contributed by atoms with Crippen LogP contribution in [0.25, 0.3) is 0 Å². The van der Waals surface area contributed by atoms with E-state index in [-0.39, 0.29) is 5.82 Å². The van der Waals surface area contributed by atoms with Crippen LogP contribution in [0.3, 0.4) is 0 Å². The van der Waals surface area contributed by atoms with Crippen LogP contribution in [0.4, 0.5) is 10.1 Å². The summed E-state index contributed by atoms with van der Waals surface area (Å²) in [7, 11) is 2.01. The van der Waals surface area contributed by atoms with Gasteiger partial charge in [-0.15, -0.1) is 0 Å². The number of halogens is 1. The Bertz CT molecular complexity index is 441. The quantitative estimate of drug-likeness (QED) is 0.812. The van der Waals surface area contributed by atoms with E-state index in [9.17, 15) is 4.39 Å². The summed E-state index contributed by atoms with van der Waals surface area (Å²) in [5, 5.41) is 3.48. The van der Waals surface area contributed by atoms with Crippen molar-refractivity contribution in [3.63, 3.8) is 0 Å². The number of para-hydroxylation sites is 1. The Morgan fingerprint density at radius 2 is 2.00 bits per heavy atom. The first-order valence-electron chi connectivity index (χ1n) is 7.72. The first kappa shape index (κ1) is 15.3. The maximum atomic E-state index is 14.3. The molecule has 0 amide bonds. The van der Waals surface area contributed by atoms with Crippen LogP contribution in [0.1, 0.15) is 45.6 Å². The van der Waals surface area contributed by atoms with Gasteiger partial charge in [-0.05, 0) is 43.7 Å². The highest BCUT2D eigenvalue weighted by atomic mass is 19.1. The summed E-state index contributed by atoms with van der Waals surface area (Å²) >= 11 is 0. The second kappa shape index (κ2) is 6.57. The summed E-state index contributed by atoms with van der Waals surface area (Å²) in [6.07, 6.45) is 3.58. The van der Waals surface area contributed by atoms with Gasteiger partial charge in [-0.1, -0.05) is 26.0 Å².